The van der Waals surface area contributed by atoms with Crippen LogP contribution < -0.4 is 5.32 Å². The van der Waals surface area contributed by atoms with E-state index >= 15 is 0 Å². The zero-order chi connectivity index (χ0) is 14.1. The van der Waals surface area contributed by atoms with Gasteiger partial charge in [0.2, 0.25) is 5.91 Å². The fourth-order valence-corrected chi connectivity index (χ4v) is 3.16. The first-order chi connectivity index (χ1) is 9.65. The summed E-state index contributed by atoms with van der Waals surface area (Å²) in [6.07, 6.45) is 3.08. The molecule has 1 amide bonds. The predicted octanol–water partition coefficient (Wildman–Crippen LogP) is 3.09. The van der Waals surface area contributed by atoms with Crippen LogP contribution in [0.15, 0.2) is 18.2 Å². The van der Waals surface area contributed by atoms with Crippen molar-refractivity contribution in [3.8, 4) is 0 Å². The van der Waals surface area contributed by atoms with Gasteiger partial charge in [0.25, 0.3) is 0 Å². The Morgan fingerprint density at radius 1 is 1.30 bits per heavy atom. The Hall–Kier alpha value is -0.770. The van der Waals surface area contributed by atoms with Crippen molar-refractivity contribution in [1.82, 2.24) is 10.2 Å². The number of halogens is 2. The maximum Gasteiger partial charge on any atom is 0.226 e. The van der Waals surface area contributed by atoms with Crippen LogP contribution in [0.2, 0.25) is 10.0 Å². The Labute approximate surface area is 129 Å². The highest BCUT2D eigenvalue weighted by Crippen LogP contribution is 2.33. The molecule has 1 saturated heterocycles. The monoisotopic (exact) mass is 312 g/mol. The van der Waals surface area contributed by atoms with E-state index in [0.29, 0.717) is 16.6 Å². The van der Waals surface area contributed by atoms with Crippen LogP contribution in [0.3, 0.4) is 0 Å². The lowest BCUT2D eigenvalue weighted by atomic mass is 10.1. The molecule has 3 nitrogen and oxygen atoms in total. The number of hydrogen-bond donors (Lipinski definition) is 1. The first-order valence-corrected chi connectivity index (χ1v) is 7.86. The predicted molar refractivity (Wildman–Crippen MR) is 81.0 cm³/mol. The standard InChI is InChI=1S/C15H18Cl2N2O/c16-12-4-3-11(14(17)7-12)9-19(13-5-6-18-8-13)15(20)10-1-2-10/h3-4,7,10,13,18H,1-2,5-6,8-9H2/t13-/m0/s1. The van der Waals surface area contributed by atoms with E-state index in [1.807, 2.05) is 17.0 Å². The van der Waals surface area contributed by atoms with E-state index in [9.17, 15) is 4.79 Å². The Morgan fingerprint density at radius 2 is 2.10 bits per heavy atom. The molecule has 2 fully saturated rings. The van der Waals surface area contributed by atoms with Crippen LogP contribution in [0, 0.1) is 5.92 Å². The van der Waals surface area contributed by atoms with E-state index in [0.717, 1.165) is 37.9 Å². The van der Waals surface area contributed by atoms with Crippen molar-refractivity contribution in [3.63, 3.8) is 0 Å². The topological polar surface area (TPSA) is 32.3 Å². The Balaban J connectivity index is 1.79. The van der Waals surface area contributed by atoms with Crippen molar-refractivity contribution in [3.05, 3.63) is 33.8 Å². The summed E-state index contributed by atoms with van der Waals surface area (Å²) in [6.45, 7) is 2.44. The third-order valence-corrected chi connectivity index (χ3v) is 4.63. The molecule has 3 rings (SSSR count). The number of benzene rings is 1. The fraction of sp³-hybridized carbons (Fsp3) is 0.533. The van der Waals surface area contributed by atoms with Gasteiger partial charge in [0, 0.05) is 35.1 Å². The van der Waals surface area contributed by atoms with Crippen molar-refractivity contribution in [2.45, 2.75) is 31.8 Å². The SMILES string of the molecule is O=C(C1CC1)N(Cc1ccc(Cl)cc1Cl)[C@H]1CCNC1. The highest BCUT2D eigenvalue weighted by molar-refractivity contribution is 6.35. The Morgan fingerprint density at radius 3 is 2.70 bits per heavy atom. The van der Waals surface area contributed by atoms with Crippen LogP contribution in [-0.4, -0.2) is 29.9 Å². The van der Waals surface area contributed by atoms with Crippen LogP contribution in [-0.2, 0) is 11.3 Å². The van der Waals surface area contributed by atoms with Crippen LogP contribution in [0.4, 0.5) is 0 Å². The van der Waals surface area contributed by atoms with Crippen molar-refractivity contribution < 1.29 is 4.79 Å². The van der Waals surface area contributed by atoms with Gasteiger partial charge in [-0.3, -0.25) is 4.79 Å². The van der Waals surface area contributed by atoms with Crippen LogP contribution in [0.5, 0.6) is 0 Å². The molecule has 1 aliphatic carbocycles. The van der Waals surface area contributed by atoms with Gasteiger partial charge in [-0.2, -0.15) is 0 Å². The third kappa shape index (κ3) is 3.11. The second-order valence-electron chi connectivity index (χ2n) is 5.62. The summed E-state index contributed by atoms with van der Waals surface area (Å²) in [5, 5.41) is 4.59. The van der Waals surface area contributed by atoms with Crippen molar-refractivity contribution in [2.75, 3.05) is 13.1 Å². The quantitative estimate of drug-likeness (QED) is 0.926. The van der Waals surface area contributed by atoms with E-state index in [1.165, 1.54) is 0 Å². The molecule has 1 saturated carbocycles. The van der Waals surface area contributed by atoms with Gasteiger partial charge in [-0.05, 0) is 43.5 Å². The maximum absolute atomic E-state index is 12.5. The normalized spacial score (nSPS) is 22.0. The number of rotatable bonds is 4. The lowest BCUT2D eigenvalue weighted by Crippen LogP contribution is -2.42. The zero-order valence-corrected chi connectivity index (χ0v) is 12.8. The average molecular weight is 313 g/mol. The Bertz CT molecular complexity index is 511. The summed E-state index contributed by atoms with van der Waals surface area (Å²) >= 11 is 12.2. The average Bonchev–Trinajstić information content (AvgIpc) is 3.14. The molecule has 1 N–H and O–H groups in total. The highest BCUT2D eigenvalue weighted by atomic mass is 35.5. The van der Waals surface area contributed by atoms with Crippen LogP contribution in [0.1, 0.15) is 24.8 Å². The lowest BCUT2D eigenvalue weighted by Gasteiger charge is -2.29. The number of nitrogens with zero attached hydrogens (tertiary/aromatic N) is 1. The molecule has 20 heavy (non-hydrogen) atoms. The first-order valence-electron chi connectivity index (χ1n) is 7.10. The van der Waals surface area contributed by atoms with Gasteiger partial charge in [0.1, 0.15) is 0 Å². The molecule has 1 aromatic rings. The van der Waals surface area contributed by atoms with Gasteiger partial charge >= 0.3 is 0 Å². The summed E-state index contributed by atoms with van der Waals surface area (Å²) in [7, 11) is 0. The van der Waals surface area contributed by atoms with Gasteiger partial charge < -0.3 is 10.2 Å². The van der Waals surface area contributed by atoms with Gasteiger partial charge in [-0.25, -0.2) is 0 Å². The second-order valence-corrected chi connectivity index (χ2v) is 6.47. The Kier molecular flexibility index (Phi) is 4.20. The molecule has 5 heteroatoms. The molecular formula is C15H18Cl2N2O. The summed E-state index contributed by atoms with van der Waals surface area (Å²) in [5.74, 6) is 0.520. The van der Waals surface area contributed by atoms with Gasteiger partial charge in [0.05, 0.1) is 0 Å². The van der Waals surface area contributed by atoms with Crippen LogP contribution >= 0.6 is 23.2 Å². The molecular weight excluding hydrogens is 295 g/mol. The maximum atomic E-state index is 12.5. The van der Waals surface area contributed by atoms with E-state index in [1.54, 1.807) is 6.07 Å². The largest absolute Gasteiger partial charge is 0.334 e. The third-order valence-electron chi connectivity index (χ3n) is 4.04. The van der Waals surface area contributed by atoms with Crippen molar-refractivity contribution >= 4 is 29.1 Å². The molecule has 1 aromatic carbocycles. The van der Waals surface area contributed by atoms with Gasteiger partial charge in [-0.1, -0.05) is 29.3 Å². The molecule has 0 unspecified atom stereocenters. The first kappa shape index (κ1) is 14.2. The molecule has 1 aliphatic heterocycles. The van der Waals surface area contributed by atoms with E-state index < -0.39 is 0 Å². The molecule has 0 radical (unpaired) electrons. The number of carbonyl (C=O) groups excluding carboxylic acids is 1. The minimum atomic E-state index is 0.238. The van der Waals surface area contributed by atoms with E-state index in [2.05, 4.69) is 5.32 Å². The molecule has 0 aromatic heterocycles. The second kappa shape index (κ2) is 5.92. The summed E-state index contributed by atoms with van der Waals surface area (Å²) in [6, 6.07) is 5.77. The number of hydrogen-bond acceptors (Lipinski definition) is 2. The minimum absolute atomic E-state index is 0.238. The van der Waals surface area contributed by atoms with Gasteiger partial charge in [-0.15, -0.1) is 0 Å². The zero-order valence-electron chi connectivity index (χ0n) is 11.2. The number of carbonyl (C=O) groups is 1. The smallest absolute Gasteiger partial charge is 0.226 e. The number of nitrogens with one attached hydrogen (secondary N) is 1. The summed E-state index contributed by atoms with van der Waals surface area (Å²) in [5.41, 5.74) is 0.969. The van der Waals surface area contributed by atoms with Gasteiger partial charge in [0.15, 0.2) is 0 Å². The highest BCUT2D eigenvalue weighted by Gasteiger charge is 2.37. The van der Waals surface area contributed by atoms with Crippen LogP contribution in [0.25, 0.3) is 0 Å². The van der Waals surface area contributed by atoms with Crippen molar-refractivity contribution in [1.29, 1.82) is 0 Å². The van der Waals surface area contributed by atoms with E-state index in [-0.39, 0.29) is 17.9 Å². The molecule has 1 heterocycles. The number of amides is 1. The lowest BCUT2D eigenvalue weighted by molar-refractivity contribution is -0.135. The van der Waals surface area contributed by atoms with Crippen molar-refractivity contribution in [2.24, 2.45) is 5.92 Å². The summed E-state index contributed by atoms with van der Waals surface area (Å²) in [4.78, 5) is 14.5. The molecule has 0 bridgehead atoms. The fourth-order valence-electron chi connectivity index (χ4n) is 2.69. The molecule has 0 spiro atoms. The molecule has 2 aliphatic rings. The summed E-state index contributed by atoms with van der Waals surface area (Å²) < 4.78 is 0. The minimum Gasteiger partial charge on any atom is -0.334 e. The molecule has 108 valence electrons. The molecule has 1 atom stereocenters. The van der Waals surface area contributed by atoms with E-state index in [4.69, 9.17) is 23.2 Å².